The van der Waals surface area contributed by atoms with Gasteiger partial charge in [0.25, 0.3) is 0 Å². The second-order valence-corrected chi connectivity index (χ2v) is 14.1. The van der Waals surface area contributed by atoms with E-state index in [1.54, 1.807) is 6.07 Å². The Morgan fingerprint density at radius 2 is 1.21 bits per heavy atom. The Morgan fingerprint density at radius 3 is 1.77 bits per heavy atom. The van der Waals surface area contributed by atoms with Crippen molar-refractivity contribution in [1.29, 1.82) is 0 Å². The minimum Gasteiger partial charge on any atom is -0.432 e. The van der Waals surface area contributed by atoms with E-state index in [1.807, 2.05) is 6.07 Å². The Morgan fingerprint density at radius 1 is 0.638 bits per heavy atom. The molecule has 3 saturated carbocycles. The predicted molar refractivity (Wildman–Crippen MR) is 164 cm³/mol. The van der Waals surface area contributed by atoms with Crippen molar-refractivity contribution in [2.24, 2.45) is 23.7 Å². The molecule has 0 aliphatic heterocycles. The van der Waals surface area contributed by atoms with Crippen molar-refractivity contribution >= 4 is 0 Å². The van der Waals surface area contributed by atoms with E-state index in [0.717, 1.165) is 55.6 Å². The van der Waals surface area contributed by atoms with Crippen molar-refractivity contribution in [2.45, 2.75) is 134 Å². The molecular formula is C37H46F8O2. The quantitative estimate of drug-likeness (QED) is 0.174. The van der Waals surface area contributed by atoms with Crippen LogP contribution >= 0.6 is 0 Å². The molecule has 0 saturated heterocycles. The third-order valence-electron chi connectivity index (χ3n) is 11.1. The number of ether oxygens (including phenoxy) is 2. The van der Waals surface area contributed by atoms with Crippen molar-refractivity contribution < 1.29 is 44.6 Å². The lowest BCUT2D eigenvalue weighted by Gasteiger charge is -2.39. The van der Waals surface area contributed by atoms with E-state index < -0.39 is 41.5 Å². The molecule has 0 aromatic heterocycles. The molecule has 2 aromatic carbocycles. The molecule has 262 valence electrons. The van der Waals surface area contributed by atoms with Crippen LogP contribution in [0.5, 0.6) is 11.5 Å². The topological polar surface area (TPSA) is 18.5 Å². The standard InChI is InChI=1S/C37H46F8O2/c1-2-3-4-5-23-6-8-26(9-7-23)28-16-19-31(32(38)20-28)27-12-10-24(11-13-27)25-14-17-29(18-15-25)36(41,42)46-30-21-33(39)35(34(40)22-30)47-37(43,44)45/h16,19-27,29H,2-15,17-18H2,1H3. The summed E-state index contributed by atoms with van der Waals surface area (Å²) in [5.74, 6) is -5.52. The first kappa shape index (κ1) is 35.8. The number of alkyl halides is 5. The van der Waals surface area contributed by atoms with E-state index in [-0.39, 0.29) is 42.6 Å². The summed E-state index contributed by atoms with van der Waals surface area (Å²) in [6.07, 6.45) is 5.68. The molecule has 0 N–H and O–H groups in total. The average molecular weight is 675 g/mol. The fourth-order valence-electron chi connectivity index (χ4n) is 8.47. The number of halogens is 8. The van der Waals surface area contributed by atoms with Crippen LogP contribution in [-0.2, 0) is 0 Å². The molecular weight excluding hydrogens is 628 g/mol. The van der Waals surface area contributed by atoms with Gasteiger partial charge in [-0.3, -0.25) is 0 Å². The smallest absolute Gasteiger partial charge is 0.432 e. The van der Waals surface area contributed by atoms with Crippen molar-refractivity contribution in [2.75, 3.05) is 0 Å². The molecule has 3 aliphatic rings. The molecule has 0 unspecified atom stereocenters. The Kier molecular flexibility index (Phi) is 11.7. The fourth-order valence-corrected chi connectivity index (χ4v) is 8.47. The first-order chi connectivity index (χ1) is 22.3. The van der Waals surface area contributed by atoms with E-state index in [1.165, 1.54) is 38.5 Å². The Balaban J connectivity index is 1.08. The van der Waals surface area contributed by atoms with Crippen molar-refractivity contribution in [1.82, 2.24) is 0 Å². The minimum atomic E-state index is -5.35. The summed E-state index contributed by atoms with van der Waals surface area (Å²) in [5.41, 5.74) is 1.90. The molecule has 0 atom stereocenters. The van der Waals surface area contributed by atoms with E-state index in [4.69, 9.17) is 0 Å². The van der Waals surface area contributed by atoms with Gasteiger partial charge < -0.3 is 9.47 Å². The third kappa shape index (κ3) is 9.34. The van der Waals surface area contributed by atoms with Crippen LogP contribution in [0.4, 0.5) is 35.1 Å². The van der Waals surface area contributed by atoms with E-state index >= 15 is 4.39 Å². The van der Waals surface area contributed by atoms with Crippen LogP contribution in [0, 0.1) is 41.1 Å². The maximum absolute atomic E-state index is 15.4. The highest BCUT2D eigenvalue weighted by molar-refractivity contribution is 5.35. The molecule has 0 amide bonds. The molecule has 3 fully saturated rings. The number of hydrogen-bond acceptors (Lipinski definition) is 2. The Labute approximate surface area is 272 Å². The lowest BCUT2D eigenvalue weighted by atomic mass is 9.68. The Hall–Kier alpha value is -2.52. The second kappa shape index (κ2) is 15.4. The van der Waals surface area contributed by atoms with Crippen LogP contribution in [0.1, 0.15) is 133 Å². The minimum absolute atomic E-state index is 0.110. The van der Waals surface area contributed by atoms with Gasteiger partial charge >= 0.3 is 12.5 Å². The first-order valence-electron chi connectivity index (χ1n) is 17.4. The van der Waals surface area contributed by atoms with Crippen LogP contribution in [0.15, 0.2) is 30.3 Å². The van der Waals surface area contributed by atoms with Gasteiger partial charge in [0.1, 0.15) is 11.6 Å². The molecule has 0 heterocycles. The zero-order valence-electron chi connectivity index (χ0n) is 27.0. The highest BCUT2D eigenvalue weighted by Gasteiger charge is 2.45. The molecule has 0 radical (unpaired) electrons. The average Bonchev–Trinajstić information content (AvgIpc) is 3.03. The number of benzene rings is 2. The number of unbranched alkanes of at least 4 members (excludes halogenated alkanes) is 2. The van der Waals surface area contributed by atoms with E-state index in [2.05, 4.69) is 22.5 Å². The Bertz CT molecular complexity index is 1280. The van der Waals surface area contributed by atoms with Gasteiger partial charge in [0.05, 0.1) is 5.92 Å². The zero-order valence-corrected chi connectivity index (χ0v) is 27.0. The second-order valence-electron chi connectivity index (χ2n) is 14.1. The van der Waals surface area contributed by atoms with E-state index in [9.17, 15) is 30.7 Å². The third-order valence-corrected chi connectivity index (χ3v) is 11.1. The zero-order chi connectivity index (χ0) is 33.8. The summed E-state index contributed by atoms with van der Waals surface area (Å²) in [4.78, 5) is 0. The van der Waals surface area contributed by atoms with Crippen molar-refractivity contribution in [3.05, 3.63) is 58.9 Å². The fraction of sp³-hybridized carbons (Fsp3) is 0.676. The van der Waals surface area contributed by atoms with Crippen molar-refractivity contribution in [3.8, 4) is 11.5 Å². The molecule has 47 heavy (non-hydrogen) atoms. The van der Waals surface area contributed by atoms with Gasteiger partial charge in [-0.2, -0.15) is 8.78 Å². The monoisotopic (exact) mass is 674 g/mol. The lowest BCUT2D eigenvalue weighted by Crippen LogP contribution is -2.38. The maximum Gasteiger partial charge on any atom is 0.573 e. The summed E-state index contributed by atoms with van der Waals surface area (Å²) < 4.78 is 118. The van der Waals surface area contributed by atoms with Gasteiger partial charge in [-0.1, -0.05) is 44.7 Å². The van der Waals surface area contributed by atoms with E-state index in [0.29, 0.717) is 24.7 Å². The highest BCUT2D eigenvalue weighted by atomic mass is 19.4. The maximum atomic E-state index is 15.4. The number of hydrogen-bond donors (Lipinski definition) is 0. The SMILES string of the molecule is CCCCCC1CCC(c2ccc(C3CCC(C4CCC(C(F)(F)Oc5cc(F)c(OC(F)(F)F)c(F)c5)CC4)CC3)c(F)c2)CC1. The largest absolute Gasteiger partial charge is 0.573 e. The summed E-state index contributed by atoms with van der Waals surface area (Å²) >= 11 is 0. The summed E-state index contributed by atoms with van der Waals surface area (Å²) in [5, 5.41) is 0. The van der Waals surface area contributed by atoms with Crippen LogP contribution in [-0.4, -0.2) is 12.5 Å². The van der Waals surface area contributed by atoms with Gasteiger partial charge in [-0.05, 0) is 124 Å². The summed E-state index contributed by atoms with van der Waals surface area (Å²) in [7, 11) is 0. The number of rotatable bonds is 11. The molecule has 0 bridgehead atoms. The van der Waals surface area contributed by atoms with Gasteiger partial charge in [0, 0.05) is 12.1 Å². The molecule has 10 heteroatoms. The predicted octanol–water partition coefficient (Wildman–Crippen LogP) is 12.6. The van der Waals surface area contributed by atoms with Crippen LogP contribution in [0.2, 0.25) is 0 Å². The molecule has 0 spiro atoms. The molecule has 5 rings (SSSR count). The van der Waals surface area contributed by atoms with Gasteiger partial charge in [-0.25, -0.2) is 13.2 Å². The summed E-state index contributed by atoms with van der Waals surface area (Å²) in [6.45, 7) is 2.23. The van der Waals surface area contributed by atoms with Crippen LogP contribution < -0.4 is 9.47 Å². The molecule has 2 aromatic rings. The van der Waals surface area contributed by atoms with Crippen LogP contribution in [0.3, 0.4) is 0 Å². The first-order valence-corrected chi connectivity index (χ1v) is 17.4. The van der Waals surface area contributed by atoms with Crippen LogP contribution in [0.25, 0.3) is 0 Å². The van der Waals surface area contributed by atoms with Gasteiger partial charge in [-0.15, -0.1) is 13.2 Å². The van der Waals surface area contributed by atoms with Gasteiger partial charge in [0.15, 0.2) is 11.6 Å². The van der Waals surface area contributed by atoms with Gasteiger partial charge in [0.2, 0.25) is 5.75 Å². The van der Waals surface area contributed by atoms with Crippen molar-refractivity contribution in [3.63, 3.8) is 0 Å². The summed E-state index contributed by atoms with van der Waals surface area (Å²) in [6, 6.07) is 6.41. The lowest BCUT2D eigenvalue weighted by molar-refractivity contribution is -0.276. The highest BCUT2D eigenvalue weighted by Crippen LogP contribution is 2.48. The normalized spacial score (nSPS) is 27.4. The molecule has 2 nitrogen and oxygen atoms in total. The molecule has 3 aliphatic carbocycles.